The molecule has 0 spiro atoms. The lowest BCUT2D eigenvalue weighted by atomic mass is 10.1. The zero-order chi connectivity index (χ0) is 12.0. The van der Waals surface area contributed by atoms with Crippen LogP contribution in [0.4, 0.5) is 0 Å². The SMILES string of the molecule is COc1ccc(CC(=O)O)cc1C=CCS. The van der Waals surface area contributed by atoms with Crippen molar-refractivity contribution in [3.63, 3.8) is 0 Å². The molecule has 16 heavy (non-hydrogen) atoms. The average Bonchev–Trinajstić information content (AvgIpc) is 2.25. The normalized spacial score (nSPS) is 10.6. The van der Waals surface area contributed by atoms with E-state index >= 15 is 0 Å². The number of rotatable bonds is 5. The molecule has 0 atom stereocenters. The molecule has 0 bridgehead atoms. The third-order valence-corrected chi connectivity index (χ3v) is 2.26. The molecule has 86 valence electrons. The maximum Gasteiger partial charge on any atom is 0.307 e. The van der Waals surface area contributed by atoms with Gasteiger partial charge in [-0.15, -0.1) is 0 Å². The van der Waals surface area contributed by atoms with Crippen LogP contribution in [-0.2, 0) is 11.2 Å². The number of carbonyl (C=O) groups is 1. The lowest BCUT2D eigenvalue weighted by Gasteiger charge is -2.06. The van der Waals surface area contributed by atoms with E-state index in [1.54, 1.807) is 19.2 Å². The molecule has 3 nitrogen and oxygen atoms in total. The van der Waals surface area contributed by atoms with E-state index in [0.717, 1.165) is 16.9 Å². The van der Waals surface area contributed by atoms with Gasteiger partial charge < -0.3 is 9.84 Å². The second kappa shape index (κ2) is 6.23. The Morgan fingerprint density at radius 3 is 2.88 bits per heavy atom. The third-order valence-electron chi connectivity index (χ3n) is 2.05. The molecule has 0 aliphatic heterocycles. The largest absolute Gasteiger partial charge is 0.496 e. The minimum atomic E-state index is -0.839. The van der Waals surface area contributed by atoms with Crippen LogP contribution in [0, 0.1) is 0 Å². The number of aliphatic carboxylic acids is 1. The zero-order valence-electron chi connectivity index (χ0n) is 9.01. The van der Waals surface area contributed by atoms with E-state index in [1.165, 1.54) is 0 Å². The first-order chi connectivity index (χ1) is 7.67. The van der Waals surface area contributed by atoms with E-state index in [9.17, 15) is 4.79 Å². The molecule has 0 heterocycles. The van der Waals surface area contributed by atoms with Crippen molar-refractivity contribution in [2.75, 3.05) is 12.9 Å². The van der Waals surface area contributed by atoms with Crippen LogP contribution in [0.5, 0.6) is 5.75 Å². The summed E-state index contributed by atoms with van der Waals surface area (Å²) in [5.74, 6) is 0.522. The van der Waals surface area contributed by atoms with Crippen molar-refractivity contribution in [2.24, 2.45) is 0 Å². The van der Waals surface area contributed by atoms with E-state index in [0.29, 0.717) is 5.75 Å². The molecular formula is C12H14O3S. The predicted octanol–water partition coefficient (Wildman–Crippen LogP) is 2.27. The molecule has 0 saturated heterocycles. The summed E-state index contributed by atoms with van der Waals surface area (Å²) < 4.78 is 5.18. The summed E-state index contributed by atoms with van der Waals surface area (Å²) in [4.78, 5) is 10.6. The molecule has 1 N–H and O–H groups in total. The van der Waals surface area contributed by atoms with Gasteiger partial charge in [-0.3, -0.25) is 4.79 Å². The van der Waals surface area contributed by atoms with Crippen LogP contribution >= 0.6 is 12.6 Å². The highest BCUT2D eigenvalue weighted by Gasteiger charge is 2.04. The Morgan fingerprint density at radius 2 is 2.31 bits per heavy atom. The maximum atomic E-state index is 10.6. The Bertz CT molecular complexity index is 399. The van der Waals surface area contributed by atoms with Crippen molar-refractivity contribution in [1.29, 1.82) is 0 Å². The molecular weight excluding hydrogens is 224 g/mol. The summed E-state index contributed by atoms with van der Waals surface area (Å²) in [6.45, 7) is 0. The Balaban J connectivity index is 3.00. The van der Waals surface area contributed by atoms with E-state index in [-0.39, 0.29) is 6.42 Å². The predicted molar refractivity (Wildman–Crippen MR) is 67.2 cm³/mol. The Morgan fingerprint density at radius 1 is 1.56 bits per heavy atom. The molecule has 1 aromatic carbocycles. The number of methoxy groups -OCH3 is 1. The fourth-order valence-corrected chi connectivity index (χ4v) is 1.48. The first-order valence-electron chi connectivity index (χ1n) is 4.83. The van der Waals surface area contributed by atoms with Crippen LogP contribution in [0.2, 0.25) is 0 Å². The van der Waals surface area contributed by atoms with E-state index < -0.39 is 5.97 Å². The number of carboxylic acid groups (broad SMARTS) is 1. The molecule has 0 radical (unpaired) electrons. The molecule has 4 heteroatoms. The smallest absolute Gasteiger partial charge is 0.307 e. The third kappa shape index (κ3) is 3.62. The Labute approximate surface area is 100 Å². The molecule has 0 fully saturated rings. The van der Waals surface area contributed by atoms with Crippen LogP contribution in [0.1, 0.15) is 11.1 Å². The van der Waals surface area contributed by atoms with Crippen LogP contribution in [0.25, 0.3) is 6.08 Å². The summed E-state index contributed by atoms with van der Waals surface area (Å²) in [6, 6.07) is 5.34. The van der Waals surface area contributed by atoms with Gasteiger partial charge in [0, 0.05) is 11.3 Å². The van der Waals surface area contributed by atoms with Crippen LogP contribution < -0.4 is 4.74 Å². The number of benzene rings is 1. The van der Waals surface area contributed by atoms with E-state index in [1.807, 2.05) is 18.2 Å². The summed E-state index contributed by atoms with van der Waals surface area (Å²) >= 11 is 4.07. The molecule has 0 unspecified atom stereocenters. The van der Waals surface area contributed by atoms with Gasteiger partial charge in [0.1, 0.15) is 5.75 Å². The minimum Gasteiger partial charge on any atom is -0.496 e. The molecule has 1 rings (SSSR count). The molecule has 0 aliphatic carbocycles. The highest BCUT2D eigenvalue weighted by atomic mass is 32.1. The van der Waals surface area contributed by atoms with Crippen molar-refractivity contribution in [3.8, 4) is 5.75 Å². The van der Waals surface area contributed by atoms with Gasteiger partial charge in [-0.05, 0) is 17.7 Å². The van der Waals surface area contributed by atoms with Gasteiger partial charge in [-0.1, -0.05) is 18.2 Å². The summed E-state index contributed by atoms with van der Waals surface area (Å²) in [5, 5.41) is 8.70. The standard InChI is InChI=1S/C12H14O3S/c1-15-11-5-4-9(8-12(13)14)7-10(11)3-2-6-16/h2-5,7,16H,6,8H2,1H3,(H,13,14). The van der Waals surface area contributed by atoms with Crippen molar-refractivity contribution >= 4 is 24.7 Å². The maximum absolute atomic E-state index is 10.6. The molecule has 1 aromatic rings. The van der Waals surface area contributed by atoms with Crippen LogP contribution in [0.3, 0.4) is 0 Å². The number of hydrogen-bond donors (Lipinski definition) is 2. The Kier molecular flexibility index (Phi) is 4.92. The van der Waals surface area contributed by atoms with Gasteiger partial charge in [0.25, 0.3) is 0 Å². The van der Waals surface area contributed by atoms with Gasteiger partial charge >= 0.3 is 5.97 Å². The van der Waals surface area contributed by atoms with Gasteiger partial charge in [0.15, 0.2) is 0 Å². The number of hydrogen-bond acceptors (Lipinski definition) is 3. The molecule has 0 aromatic heterocycles. The first kappa shape index (κ1) is 12.6. The van der Waals surface area contributed by atoms with Gasteiger partial charge in [-0.25, -0.2) is 0 Å². The van der Waals surface area contributed by atoms with E-state index in [2.05, 4.69) is 12.6 Å². The number of ether oxygens (including phenoxy) is 1. The average molecular weight is 238 g/mol. The summed E-state index contributed by atoms with van der Waals surface area (Å²) in [7, 11) is 1.59. The minimum absolute atomic E-state index is 0.0196. The van der Waals surface area contributed by atoms with Gasteiger partial charge in [-0.2, -0.15) is 12.6 Å². The Hall–Kier alpha value is -1.42. The van der Waals surface area contributed by atoms with Gasteiger partial charge in [0.05, 0.1) is 13.5 Å². The van der Waals surface area contributed by atoms with Crippen LogP contribution in [0.15, 0.2) is 24.3 Å². The highest BCUT2D eigenvalue weighted by Crippen LogP contribution is 2.21. The second-order valence-electron chi connectivity index (χ2n) is 3.23. The fraction of sp³-hybridized carbons (Fsp3) is 0.250. The zero-order valence-corrected chi connectivity index (χ0v) is 9.91. The number of carboxylic acids is 1. The van der Waals surface area contributed by atoms with Crippen LogP contribution in [-0.4, -0.2) is 23.9 Å². The highest BCUT2D eigenvalue weighted by molar-refractivity contribution is 7.80. The molecule has 0 amide bonds. The van der Waals surface area contributed by atoms with Crippen molar-refractivity contribution in [1.82, 2.24) is 0 Å². The monoisotopic (exact) mass is 238 g/mol. The lowest BCUT2D eigenvalue weighted by molar-refractivity contribution is -0.136. The lowest BCUT2D eigenvalue weighted by Crippen LogP contribution is -2.00. The topological polar surface area (TPSA) is 46.5 Å². The van der Waals surface area contributed by atoms with E-state index in [4.69, 9.17) is 9.84 Å². The quantitative estimate of drug-likeness (QED) is 0.773. The summed E-state index contributed by atoms with van der Waals surface area (Å²) in [5.41, 5.74) is 1.63. The van der Waals surface area contributed by atoms with Crippen molar-refractivity contribution in [2.45, 2.75) is 6.42 Å². The van der Waals surface area contributed by atoms with Gasteiger partial charge in [0.2, 0.25) is 0 Å². The number of thiol groups is 1. The fourth-order valence-electron chi connectivity index (χ4n) is 1.38. The second-order valence-corrected chi connectivity index (χ2v) is 3.60. The summed E-state index contributed by atoms with van der Waals surface area (Å²) in [6.07, 6.45) is 3.77. The van der Waals surface area contributed by atoms with Crippen molar-refractivity contribution < 1.29 is 14.6 Å². The first-order valence-corrected chi connectivity index (χ1v) is 5.46. The molecule has 0 saturated carbocycles. The molecule has 0 aliphatic rings. The van der Waals surface area contributed by atoms with Crippen molar-refractivity contribution in [3.05, 3.63) is 35.4 Å².